The van der Waals surface area contributed by atoms with Gasteiger partial charge in [-0.2, -0.15) is 0 Å². The van der Waals surface area contributed by atoms with E-state index in [4.69, 9.17) is 0 Å². The van der Waals surface area contributed by atoms with E-state index in [9.17, 15) is 4.79 Å². The Hall–Kier alpha value is -1.25. The fourth-order valence-electron chi connectivity index (χ4n) is 1.62. The van der Waals surface area contributed by atoms with E-state index in [0.717, 1.165) is 18.0 Å². The van der Waals surface area contributed by atoms with Gasteiger partial charge in [0.2, 0.25) is 5.56 Å². The summed E-state index contributed by atoms with van der Waals surface area (Å²) in [5.74, 6) is 0.740. The molecule has 1 rings (SSSR count). The molecule has 0 aliphatic carbocycles. The number of hydrogen-bond donors (Lipinski definition) is 1. The van der Waals surface area contributed by atoms with E-state index in [1.807, 2.05) is 12.3 Å². The van der Waals surface area contributed by atoms with Gasteiger partial charge in [0.05, 0.1) is 5.69 Å². The second-order valence-electron chi connectivity index (χ2n) is 4.88. The Morgan fingerprint density at radius 1 is 1.25 bits per heavy atom. The molecule has 0 aromatic carbocycles. The van der Waals surface area contributed by atoms with Crippen LogP contribution in [0.2, 0.25) is 0 Å². The Kier molecular flexibility index (Phi) is 4.59. The van der Waals surface area contributed by atoms with Crippen LogP contribution >= 0.6 is 0 Å². The van der Waals surface area contributed by atoms with Crippen molar-refractivity contribution in [1.29, 1.82) is 0 Å². The van der Waals surface area contributed by atoms with Gasteiger partial charge in [-0.1, -0.05) is 13.8 Å². The molecule has 1 unspecified atom stereocenters. The first-order valence-electron chi connectivity index (χ1n) is 5.92. The molecule has 0 saturated carbocycles. The van der Waals surface area contributed by atoms with E-state index in [2.05, 4.69) is 26.1 Å². The Labute approximate surface area is 97.5 Å². The van der Waals surface area contributed by atoms with Crippen LogP contribution in [0.15, 0.2) is 23.1 Å². The summed E-state index contributed by atoms with van der Waals surface area (Å²) in [7, 11) is 1.77. The summed E-state index contributed by atoms with van der Waals surface area (Å²) in [6, 6.07) is 3.88. The maximum atomic E-state index is 11.2. The Bertz CT molecular complexity index is 382. The second-order valence-corrected chi connectivity index (χ2v) is 4.88. The predicted molar refractivity (Wildman–Crippen MR) is 68.8 cm³/mol. The minimum absolute atomic E-state index is 0.0281. The van der Waals surface area contributed by atoms with Gasteiger partial charge in [-0.05, 0) is 31.7 Å². The molecule has 0 saturated heterocycles. The lowest BCUT2D eigenvalue weighted by atomic mass is 10.0. The highest BCUT2D eigenvalue weighted by Crippen LogP contribution is 2.11. The van der Waals surface area contributed by atoms with Crippen LogP contribution in [0.5, 0.6) is 0 Å². The molecule has 1 heterocycles. The zero-order chi connectivity index (χ0) is 12.1. The van der Waals surface area contributed by atoms with Crippen LogP contribution in [0, 0.1) is 5.92 Å². The molecule has 1 aromatic heterocycles. The van der Waals surface area contributed by atoms with Crippen LogP contribution in [0.3, 0.4) is 0 Å². The average Bonchev–Trinajstić information content (AvgIpc) is 2.21. The predicted octanol–water partition coefficient (Wildman–Crippen LogP) is 2.62. The van der Waals surface area contributed by atoms with Crippen molar-refractivity contribution in [2.75, 3.05) is 5.32 Å². The van der Waals surface area contributed by atoms with Crippen LogP contribution in [0.4, 0.5) is 5.69 Å². The Balaban J connectivity index is 2.52. The third kappa shape index (κ3) is 4.09. The van der Waals surface area contributed by atoms with Gasteiger partial charge in [0.25, 0.3) is 0 Å². The maximum absolute atomic E-state index is 11.2. The lowest BCUT2D eigenvalue weighted by Crippen LogP contribution is -2.19. The van der Waals surface area contributed by atoms with E-state index in [1.165, 1.54) is 6.42 Å². The largest absolute Gasteiger partial charge is 0.381 e. The van der Waals surface area contributed by atoms with Gasteiger partial charge in [-0.25, -0.2) is 0 Å². The Morgan fingerprint density at radius 2 is 1.94 bits per heavy atom. The molecule has 16 heavy (non-hydrogen) atoms. The molecule has 0 radical (unpaired) electrons. The SMILES string of the molecule is CC(C)CCC(C)Nc1ccc(=O)n(C)c1. The first-order valence-corrected chi connectivity index (χ1v) is 5.92. The van der Waals surface area contributed by atoms with Gasteiger partial charge in [0, 0.05) is 25.4 Å². The summed E-state index contributed by atoms with van der Waals surface area (Å²) in [4.78, 5) is 11.2. The highest BCUT2D eigenvalue weighted by Gasteiger charge is 2.04. The van der Waals surface area contributed by atoms with Gasteiger partial charge in [-0.3, -0.25) is 4.79 Å². The maximum Gasteiger partial charge on any atom is 0.250 e. The third-order valence-corrected chi connectivity index (χ3v) is 2.68. The summed E-state index contributed by atoms with van der Waals surface area (Å²) in [6.07, 6.45) is 4.22. The summed E-state index contributed by atoms with van der Waals surface area (Å²) in [6.45, 7) is 6.64. The van der Waals surface area contributed by atoms with E-state index in [1.54, 1.807) is 17.7 Å². The van der Waals surface area contributed by atoms with Crippen LogP contribution in [-0.2, 0) is 7.05 Å². The molecule has 0 spiro atoms. The lowest BCUT2D eigenvalue weighted by molar-refractivity contribution is 0.527. The molecule has 1 atom stereocenters. The van der Waals surface area contributed by atoms with Gasteiger partial charge in [0.15, 0.2) is 0 Å². The highest BCUT2D eigenvalue weighted by atomic mass is 16.1. The topological polar surface area (TPSA) is 34.0 Å². The van der Waals surface area contributed by atoms with Crippen molar-refractivity contribution in [3.05, 3.63) is 28.7 Å². The summed E-state index contributed by atoms with van der Waals surface area (Å²) < 4.78 is 1.59. The lowest BCUT2D eigenvalue weighted by Gasteiger charge is -2.16. The van der Waals surface area contributed by atoms with E-state index in [0.29, 0.717) is 6.04 Å². The number of hydrogen-bond acceptors (Lipinski definition) is 2. The molecule has 0 amide bonds. The highest BCUT2D eigenvalue weighted by molar-refractivity contribution is 5.40. The van der Waals surface area contributed by atoms with Crippen molar-refractivity contribution in [2.24, 2.45) is 13.0 Å². The molecule has 0 aliphatic heterocycles. The normalized spacial score (nSPS) is 12.8. The molecule has 1 N–H and O–H groups in total. The monoisotopic (exact) mass is 222 g/mol. The Morgan fingerprint density at radius 3 is 2.50 bits per heavy atom. The molecule has 1 aromatic rings. The smallest absolute Gasteiger partial charge is 0.250 e. The zero-order valence-electron chi connectivity index (χ0n) is 10.7. The van der Waals surface area contributed by atoms with Crippen LogP contribution in [0.25, 0.3) is 0 Å². The van der Waals surface area contributed by atoms with Crippen molar-refractivity contribution >= 4 is 5.69 Å². The minimum Gasteiger partial charge on any atom is -0.381 e. The quantitative estimate of drug-likeness (QED) is 0.831. The van der Waals surface area contributed by atoms with Gasteiger partial charge >= 0.3 is 0 Å². The number of rotatable bonds is 5. The van der Waals surface area contributed by atoms with Crippen molar-refractivity contribution < 1.29 is 0 Å². The molecule has 0 fully saturated rings. The third-order valence-electron chi connectivity index (χ3n) is 2.68. The fourth-order valence-corrected chi connectivity index (χ4v) is 1.62. The van der Waals surface area contributed by atoms with Crippen molar-refractivity contribution in [3.8, 4) is 0 Å². The minimum atomic E-state index is 0.0281. The standard InChI is InChI=1S/C13H22N2O/c1-10(2)5-6-11(3)14-12-7-8-13(16)15(4)9-12/h7-11,14H,5-6H2,1-4H3. The van der Waals surface area contributed by atoms with Crippen molar-refractivity contribution in [2.45, 2.75) is 39.7 Å². The van der Waals surface area contributed by atoms with E-state index < -0.39 is 0 Å². The number of anilines is 1. The number of nitrogens with one attached hydrogen (secondary N) is 1. The number of nitrogens with zero attached hydrogens (tertiary/aromatic N) is 1. The first kappa shape index (κ1) is 12.8. The number of aryl methyl sites for hydroxylation is 1. The molecule has 3 nitrogen and oxygen atoms in total. The zero-order valence-corrected chi connectivity index (χ0v) is 10.7. The molecule has 0 bridgehead atoms. The van der Waals surface area contributed by atoms with Crippen LogP contribution < -0.4 is 10.9 Å². The van der Waals surface area contributed by atoms with E-state index >= 15 is 0 Å². The van der Waals surface area contributed by atoms with Crippen molar-refractivity contribution in [1.82, 2.24) is 4.57 Å². The summed E-state index contributed by atoms with van der Waals surface area (Å²) >= 11 is 0. The molecule has 3 heteroatoms. The number of aromatic nitrogens is 1. The van der Waals surface area contributed by atoms with Gasteiger partial charge < -0.3 is 9.88 Å². The molecule has 0 aliphatic rings. The first-order chi connectivity index (χ1) is 7.49. The van der Waals surface area contributed by atoms with Gasteiger partial charge in [0.1, 0.15) is 0 Å². The van der Waals surface area contributed by atoms with Crippen molar-refractivity contribution in [3.63, 3.8) is 0 Å². The second kappa shape index (κ2) is 5.73. The molecular formula is C13H22N2O. The summed E-state index contributed by atoms with van der Waals surface area (Å²) in [5, 5.41) is 3.41. The van der Waals surface area contributed by atoms with Gasteiger partial charge in [-0.15, -0.1) is 0 Å². The van der Waals surface area contributed by atoms with E-state index in [-0.39, 0.29) is 5.56 Å². The van der Waals surface area contributed by atoms with Crippen LogP contribution in [0.1, 0.15) is 33.6 Å². The molecular weight excluding hydrogens is 200 g/mol. The number of pyridine rings is 1. The average molecular weight is 222 g/mol. The molecule has 90 valence electrons. The fraction of sp³-hybridized carbons (Fsp3) is 0.615. The van der Waals surface area contributed by atoms with Crippen LogP contribution in [-0.4, -0.2) is 10.6 Å². The summed E-state index contributed by atoms with van der Waals surface area (Å²) in [5.41, 5.74) is 1.04.